The van der Waals surface area contributed by atoms with E-state index < -0.39 is 5.82 Å². The van der Waals surface area contributed by atoms with E-state index in [9.17, 15) is 9.18 Å². The number of halogens is 1. The lowest BCUT2D eigenvalue weighted by molar-refractivity contribution is 0.112. The molecule has 0 fully saturated rings. The fraction of sp³-hybridized carbons (Fsp3) is 0.0667. The number of hydrogen-bond acceptors (Lipinski definition) is 3. The monoisotopic (exact) mass is 255 g/mol. The van der Waals surface area contributed by atoms with Crippen molar-refractivity contribution in [3.63, 3.8) is 0 Å². The van der Waals surface area contributed by atoms with E-state index in [1.54, 1.807) is 24.3 Å². The topological polar surface area (TPSA) is 50.1 Å². The van der Waals surface area contributed by atoms with Gasteiger partial charge in [0.1, 0.15) is 24.5 Å². The standard InChI is InChI=1S/C15H10FNO2/c16-14-4-3-12(8-17)13(7-14)10-19-15-5-1-11(9-18)2-6-15/h1-7,9H,10H2. The van der Waals surface area contributed by atoms with Crippen molar-refractivity contribution >= 4 is 6.29 Å². The van der Waals surface area contributed by atoms with Crippen LogP contribution in [0.2, 0.25) is 0 Å². The lowest BCUT2D eigenvalue weighted by atomic mass is 10.1. The van der Waals surface area contributed by atoms with Gasteiger partial charge in [-0.1, -0.05) is 0 Å². The first-order valence-electron chi connectivity index (χ1n) is 5.59. The molecule has 2 aromatic rings. The molecule has 0 N–H and O–H groups in total. The van der Waals surface area contributed by atoms with Gasteiger partial charge in [0.05, 0.1) is 11.6 Å². The molecule has 0 unspecified atom stereocenters. The Hall–Kier alpha value is -2.67. The van der Waals surface area contributed by atoms with Gasteiger partial charge in [0, 0.05) is 11.1 Å². The van der Waals surface area contributed by atoms with Crippen LogP contribution in [0.4, 0.5) is 4.39 Å². The summed E-state index contributed by atoms with van der Waals surface area (Å²) >= 11 is 0. The third kappa shape index (κ3) is 3.17. The third-order valence-corrected chi connectivity index (χ3v) is 2.60. The maximum atomic E-state index is 13.1. The van der Waals surface area contributed by atoms with Crippen molar-refractivity contribution in [1.82, 2.24) is 0 Å². The van der Waals surface area contributed by atoms with E-state index in [1.807, 2.05) is 6.07 Å². The molecule has 2 aromatic carbocycles. The molecule has 0 bridgehead atoms. The van der Waals surface area contributed by atoms with E-state index in [0.29, 0.717) is 22.4 Å². The Morgan fingerprint density at radius 3 is 2.58 bits per heavy atom. The molecule has 0 heterocycles. The van der Waals surface area contributed by atoms with Gasteiger partial charge in [-0.2, -0.15) is 5.26 Å². The molecule has 0 saturated heterocycles. The predicted octanol–water partition coefficient (Wildman–Crippen LogP) is 3.09. The summed E-state index contributed by atoms with van der Waals surface area (Å²) in [5.41, 5.74) is 1.42. The summed E-state index contributed by atoms with van der Waals surface area (Å²) in [6.45, 7) is 0.0983. The molecule has 0 saturated carbocycles. The Morgan fingerprint density at radius 2 is 1.95 bits per heavy atom. The fourth-order valence-electron chi connectivity index (χ4n) is 1.59. The van der Waals surface area contributed by atoms with Gasteiger partial charge in [0.25, 0.3) is 0 Å². The predicted molar refractivity (Wildman–Crippen MR) is 67.3 cm³/mol. The maximum absolute atomic E-state index is 13.1. The van der Waals surface area contributed by atoms with Crippen molar-refractivity contribution in [2.75, 3.05) is 0 Å². The number of carbonyl (C=O) groups excluding carboxylic acids is 1. The van der Waals surface area contributed by atoms with Gasteiger partial charge in [-0.25, -0.2) is 4.39 Å². The molecule has 19 heavy (non-hydrogen) atoms. The van der Waals surface area contributed by atoms with Crippen molar-refractivity contribution in [2.45, 2.75) is 6.61 Å². The zero-order valence-electron chi connectivity index (χ0n) is 9.97. The Morgan fingerprint density at radius 1 is 1.21 bits per heavy atom. The van der Waals surface area contributed by atoms with Crippen LogP contribution in [0.3, 0.4) is 0 Å². The summed E-state index contributed by atoms with van der Waals surface area (Å²) in [4.78, 5) is 10.5. The second-order valence-corrected chi connectivity index (χ2v) is 3.89. The molecule has 94 valence electrons. The Kier molecular flexibility index (Phi) is 3.89. The summed E-state index contributed by atoms with van der Waals surface area (Å²) in [6.07, 6.45) is 0.740. The van der Waals surface area contributed by atoms with E-state index in [1.165, 1.54) is 18.2 Å². The van der Waals surface area contributed by atoms with Crippen LogP contribution >= 0.6 is 0 Å². The molecule has 0 aliphatic rings. The van der Waals surface area contributed by atoms with E-state index in [-0.39, 0.29) is 6.61 Å². The van der Waals surface area contributed by atoms with E-state index >= 15 is 0 Å². The highest BCUT2D eigenvalue weighted by Gasteiger charge is 2.05. The molecular formula is C15H10FNO2. The van der Waals surface area contributed by atoms with Crippen molar-refractivity contribution in [3.05, 3.63) is 65.0 Å². The van der Waals surface area contributed by atoms with Crippen LogP contribution < -0.4 is 4.74 Å². The van der Waals surface area contributed by atoms with E-state index in [4.69, 9.17) is 10.00 Å². The molecule has 0 aliphatic carbocycles. The Bertz CT molecular complexity index is 630. The second-order valence-electron chi connectivity index (χ2n) is 3.89. The average molecular weight is 255 g/mol. The molecule has 4 heteroatoms. The number of rotatable bonds is 4. The van der Waals surface area contributed by atoms with Crippen LogP contribution in [0.5, 0.6) is 5.75 Å². The molecule has 0 amide bonds. The number of ether oxygens (including phenoxy) is 1. The van der Waals surface area contributed by atoms with Gasteiger partial charge in [-0.05, 0) is 42.5 Å². The summed E-state index contributed by atoms with van der Waals surface area (Å²) < 4.78 is 18.6. The minimum absolute atomic E-state index is 0.0983. The van der Waals surface area contributed by atoms with Crippen LogP contribution in [0, 0.1) is 17.1 Å². The van der Waals surface area contributed by atoms with Crippen molar-refractivity contribution in [2.24, 2.45) is 0 Å². The highest BCUT2D eigenvalue weighted by Crippen LogP contribution is 2.16. The summed E-state index contributed by atoms with van der Waals surface area (Å²) in [5, 5.41) is 8.91. The lowest BCUT2D eigenvalue weighted by Gasteiger charge is -2.07. The van der Waals surface area contributed by atoms with Gasteiger partial charge in [-0.15, -0.1) is 0 Å². The second kappa shape index (κ2) is 5.78. The number of carbonyl (C=O) groups is 1. The van der Waals surface area contributed by atoms with Gasteiger partial charge in [0.15, 0.2) is 0 Å². The number of nitrogens with zero attached hydrogens (tertiary/aromatic N) is 1. The average Bonchev–Trinajstić information content (AvgIpc) is 2.46. The molecule has 3 nitrogen and oxygen atoms in total. The number of hydrogen-bond donors (Lipinski definition) is 0. The number of benzene rings is 2. The summed E-state index contributed by atoms with van der Waals surface area (Å²) in [7, 11) is 0. The number of nitriles is 1. The smallest absolute Gasteiger partial charge is 0.150 e. The molecule has 0 aliphatic heterocycles. The number of aldehydes is 1. The lowest BCUT2D eigenvalue weighted by Crippen LogP contribution is -1.99. The zero-order valence-corrected chi connectivity index (χ0v) is 9.97. The van der Waals surface area contributed by atoms with Gasteiger partial charge in [-0.3, -0.25) is 4.79 Å². The minimum Gasteiger partial charge on any atom is -0.489 e. The van der Waals surface area contributed by atoms with Crippen molar-refractivity contribution in [1.29, 1.82) is 5.26 Å². The molecule has 0 atom stereocenters. The first kappa shape index (κ1) is 12.8. The first-order chi connectivity index (χ1) is 9.22. The normalized spacial score (nSPS) is 9.68. The van der Waals surface area contributed by atoms with Crippen molar-refractivity contribution < 1.29 is 13.9 Å². The first-order valence-corrected chi connectivity index (χ1v) is 5.59. The molecule has 2 rings (SSSR count). The minimum atomic E-state index is -0.408. The van der Waals surface area contributed by atoms with Crippen LogP contribution in [0.25, 0.3) is 0 Å². The Labute approximate surface area is 109 Å². The highest BCUT2D eigenvalue weighted by molar-refractivity contribution is 5.74. The molecule has 0 spiro atoms. The maximum Gasteiger partial charge on any atom is 0.150 e. The summed E-state index contributed by atoms with van der Waals surface area (Å²) in [5.74, 6) is 0.146. The van der Waals surface area contributed by atoms with Crippen LogP contribution in [-0.2, 0) is 6.61 Å². The van der Waals surface area contributed by atoms with Gasteiger partial charge < -0.3 is 4.74 Å². The zero-order chi connectivity index (χ0) is 13.7. The SMILES string of the molecule is N#Cc1ccc(F)cc1COc1ccc(C=O)cc1. The quantitative estimate of drug-likeness (QED) is 0.789. The van der Waals surface area contributed by atoms with E-state index in [0.717, 1.165) is 6.29 Å². The fourth-order valence-corrected chi connectivity index (χ4v) is 1.59. The molecular weight excluding hydrogens is 245 g/mol. The third-order valence-electron chi connectivity index (χ3n) is 2.60. The van der Waals surface area contributed by atoms with Gasteiger partial charge >= 0.3 is 0 Å². The van der Waals surface area contributed by atoms with E-state index in [2.05, 4.69) is 0 Å². The van der Waals surface area contributed by atoms with Crippen LogP contribution in [-0.4, -0.2) is 6.29 Å². The van der Waals surface area contributed by atoms with Crippen LogP contribution in [0.15, 0.2) is 42.5 Å². The van der Waals surface area contributed by atoms with Crippen molar-refractivity contribution in [3.8, 4) is 11.8 Å². The molecule has 0 aromatic heterocycles. The highest BCUT2D eigenvalue weighted by atomic mass is 19.1. The van der Waals surface area contributed by atoms with Gasteiger partial charge in [0.2, 0.25) is 0 Å². The summed E-state index contributed by atoms with van der Waals surface area (Å²) in [6, 6.07) is 12.5. The van der Waals surface area contributed by atoms with Crippen LogP contribution in [0.1, 0.15) is 21.5 Å². The molecule has 0 radical (unpaired) electrons. The largest absolute Gasteiger partial charge is 0.489 e. The Balaban J connectivity index is 2.11.